The average molecular weight is 200 g/mol. The number of nitrogens with one attached hydrogen (secondary N) is 1. The van der Waals surface area contributed by atoms with Crippen molar-refractivity contribution in [1.29, 1.82) is 0 Å². The van der Waals surface area contributed by atoms with Gasteiger partial charge in [-0.25, -0.2) is 0 Å². The van der Waals surface area contributed by atoms with Crippen LogP contribution in [0.1, 0.15) is 12.8 Å². The van der Waals surface area contributed by atoms with Crippen LogP contribution in [0.4, 0.5) is 5.69 Å². The van der Waals surface area contributed by atoms with Crippen molar-refractivity contribution >= 4 is 22.5 Å². The summed E-state index contributed by atoms with van der Waals surface area (Å²) in [4.78, 5) is 16.6. The number of carbonyl (C=O) groups is 1. The first-order chi connectivity index (χ1) is 7.34. The fourth-order valence-electron chi connectivity index (χ4n) is 2.12. The van der Waals surface area contributed by atoms with Crippen LogP contribution in [0.2, 0.25) is 0 Å². The van der Waals surface area contributed by atoms with E-state index in [0.29, 0.717) is 6.42 Å². The minimum Gasteiger partial charge on any atom is -0.361 e. The van der Waals surface area contributed by atoms with Gasteiger partial charge >= 0.3 is 0 Å². The van der Waals surface area contributed by atoms with Gasteiger partial charge in [0, 0.05) is 30.4 Å². The van der Waals surface area contributed by atoms with E-state index in [9.17, 15) is 4.79 Å². The lowest BCUT2D eigenvalue weighted by atomic mass is 10.2. The van der Waals surface area contributed by atoms with Crippen LogP contribution in [0, 0.1) is 0 Å². The Hall–Kier alpha value is -1.77. The van der Waals surface area contributed by atoms with Crippen molar-refractivity contribution in [2.24, 2.45) is 0 Å². The van der Waals surface area contributed by atoms with E-state index in [1.165, 1.54) is 5.39 Å². The molecule has 1 aliphatic heterocycles. The Morgan fingerprint density at radius 3 is 3.00 bits per heavy atom. The number of aromatic amines is 1. The molecule has 1 aromatic carbocycles. The summed E-state index contributed by atoms with van der Waals surface area (Å²) in [7, 11) is 0. The Bertz CT molecular complexity index is 515. The van der Waals surface area contributed by atoms with Crippen LogP contribution >= 0.6 is 0 Å². The zero-order valence-electron chi connectivity index (χ0n) is 8.36. The summed E-state index contributed by atoms with van der Waals surface area (Å²) in [6, 6.07) is 8.13. The molecule has 2 aromatic rings. The van der Waals surface area contributed by atoms with Gasteiger partial charge in [0.2, 0.25) is 5.91 Å². The summed E-state index contributed by atoms with van der Waals surface area (Å²) in [5, 5.41) is 1.19. The lowest BCUT2D eigenvalue weighted by Gasteiger charge is -2.15. The molecule has 1 saturated heterocycles. The van der Waals surface area contributed by atoms with Crippen molar-refractivity contribution in [3.05, 3.63) is 30.5 Å². The fraction of sp³-hybridized carbons (Fsp3) is 0.250. The second-order valence-corrected chi connectivity index (χ2v) is 3.90. The molecule has 3 rings (SSSR count). The summed E-state index contributed by atoms with van der Waals surface area (Å²) < 4.78 is 0. The lowest BCUT2D eigenvalue weighted by molar-refractivity contribution is -0.117. The summed E-state index contributed by atoms with van der Waals surface area (Å²) >= 11 is 0. The number of hydrogen-bond donors (Lipinski definition) is 1. The number of H-pyrrole nitrogens is 1. The predicted molar refractivity (Wildman–Crippen MR) is 59.9 cm³/mol. The van der Waals surface area contributed by atoms with E-state index in [1.807, 2.05) is 35.4 Å². The van der Waals surface area contributed by atoms with Crippen molar-refractivity contribution in [3.8, 4) is 0 Å². The smallest absolute Gasteiger partial charge is 0.227 e. The molecule has 0 radical (unpaired) electrons. The quantitative estimate of drug-likeness (QED) is 0.753. The Labute approximate surface area is 87.7 Å². The van der Waals surface area contributed by atoms with Crippen molar-refractivity contribution < 1.29 is 4.79 Å². The number of benzene rings is 1. The van der Waals surface area contributed by atoms with Gasteiger partial charge in [0.1, 0.15) is 0 Å². The SMILES string of the molecule is O=C1CCCN1c1ccc2cc[nH]c2c1. The average Bonchev–Trinajstić information content (AvgIpc) is 2.84. The molecule has 3 heteroatoms. The maximum atomic E-state index is 11.6. The van der Waals surface area contributed by atoms with Gasteiger partial charge < -0.3 is 9.88 Å². The molecule has 1 N–H and O–H groups in total. The lowest BCUT2D eigenvalue weighted by Crippen LogP contribution is -2.23. The summed E-state index contributed by atoms with van der Waals surface area (Å²) in [6.07, 6.45) is 3.57. The molecule has 15 heavy (non-hydrogen) atoms. The van der Waals surface area contributed by atoms with E-state index in [-0.39, 0.29) is 5.91 Å². The zero-order chi connectivity index (χ0) is 10.3. The second-order valence-electron chi connectivity index (χ2n) is 3.90. The highest BCUT2D eigenvalue weighted by atomic mass is 16.2. The summed E-state index contributed by atoms with van der Waals surface area (Å²) in [6.45, 7) is 0.852. The minimum atomic E-state index is 0.237. The van der Waals surface area contributed by atoms with E-state index in [4.69, 9.17) is 0 Å². The third-order valence-corrected chi connectivity index (χ3v) is 2.92. The van der Waals surface area contributed by atoms with Gasteiger partial charge in [-0.3, -0.25) is 4.79 Å². The minimum absolute atomic E-state index is 0.237. The Kier molecular flexibility index (Phi) is 1.78. The number of carbonyl (C=O) groups excluding carboxylic acids is 1. The molecule has 1 aromatic heterocycles. The molecule has 1 aliphatic rings. The van der Waals surface area contributed by atoms with Gasteiger partial charge in [0.15, 0.2) is 0 Å². The van der Waals surface area contributed by atoms with Gasteiger partial charge in [-0.1, -0.05) is 6.07 Å². The van der Waals surface area contributed by atoms with E-state index >= 15 is 0 Å². The van der Waals surface area contributed by atoms with Crippen LogP contribution in [0.15, 0.2) is 30.5 Å². The molecule has 2 heterocycles. The summed E-state index contributed by atoms with van der Waals surface area (Å²) in [5.74, 6) is 0.237. The highest BCUT2D eigenvalue weighted by Gasteiger charge is 2.21. The number of amides is 1. The molecule has 0 atom stereocenters. The van der Waals surface area contributed by atoms with Gasteiger partial charge in [-0.05, 0) is 30.0 Å². The van der Waals surface area contributed by atoms with E-state index in [0.717, 1.165) is 24.2 Å². The van der Waals surface area contributed by atoms with Crippen LogP contribution in [0.3, 0.4) is 0 Å². The molecule has 0 saturated carbocycles. The molecular formula is C12H12N2O. The fourth-order valence-corrected chi connectivity index (χ4v) is 2.12. The molecule has 0 aliphatic carbocycles. The number of aromatic nitrogens is 1. The third-order valence-electron chi connectivity index (χ3n) is 2.92. The molecule has 1 fully saturated rings. The zero-order valence-corrected chi connectivity index (χ0v) is 8.36. The van der Waals surface area contributed by atoms with Crippen LogP contribution < -0.4 is 4.90 Å². The van der Waals surface area contributed by atoms with E-state index in [1.54, 1.807) is 0 Å². The molecule has 0 spiro atoms. The van der Waals surface area contributed by atoms with Crippen LogP contribution in [-0.4, -0.2) is 17.4 Å². The maximum absolute atomic E-state index is 11.6. The molecular weight excluding hydrogens is 188 g/mol. The Morgan fingerprint density at radius 2 is 2.20 bits per heavy atom. The standard InChI is InChI=1S/C12H12N2O/c15-12-2-1-7-14(12)10-4-3-9-5-6-13-11(9)8-10/h3-6,8,13H,1-2,7H2. The van der Waals surface area contributed by atoms with E-state index in [2.05, 4.69) is 4.98 Å². The van der Waals surface area contributed by atoms with Gasteiger partial charge in [-0.15, -0.1) is 0 Å². The number of rotatable bonds is 1. The number of nitrogens with zero attached hydrogens (tertiary/aromatic N) is 1. The molecule has 3 nitrogen and oxygen atoms in total. The molecule has 0 bridgehead atoms. The Balaban J connectivity index is 2.06. The van der Waals surface area contributed by atoms with Crippen molar-refractivity contribution in [1.82, 2.24) is 4.98 Å². The molecule has 1 amide bonds. The van der Waals surface area contributed by atoms with Crippen LogP contribution in [-0.2, 0) is 4.79 Å². The van der Waals surface area contributed by atoms with Crippen molar-refractivity contribution in [2.45, 2.75) is 12.8 Å². The normalized spacial score (nSPS) is 16.5. The first-order valence-corrected chi connectivity index (χ1v) is 5.22. The number of fused-ring (bicyclic) bond motifs is 1. The van der Waals surface area contributed by atoms with Gasteiger partial charge in [-0.2, -0.15) is 0 Å². The molecule has 0 unspecified atom stereocenters. The topological polar surface area (TPSA) is 36.1 Å². The number of anilines is 1. The first-order valence-electron chi connectivity index (χ1n) is 5.22. The van der Waals surface area contributed by atoms with E-state index < -0.39 is 0 Å². The number of hydrogen-bond acceptors (Lipinski definition) is 1. The monoisotopic (exact) mass is 200 g/mol. The highest BCUT2D eigenvalue weighted by Crippen LogP contribution is 2.24. The highest BCUT2D eigenvalue weighted by molar-refractivity contribution is 5.97. The van der Waals surface area contributed by atoms with Gasteiger partial charge in [0.05, 0.1) is 0 Å². The third kappa shape index (κ3) is 1.31. The predicted octanol–water partition coefficient (Wildman–Crippen LogP) is 2.29. The second kappa shape index (κ2) is 3.12. The molecule has 76 valence electrons. The van der Waals surface area contributed by atoms with Crippen LogP contribution in [0.5, 0.6) is 0 Å². The largest absolute Gasteiger partial charge is 0.361 e. The van der Waals surface area contributed by atoms with Crippen LogP contribution in [0.25, 0.3) is 10.9 Å². The van der Waals surface area contributed by atoms with Crippen molar-refractivity contribution in [2.75, 3.05) is 11.4 Å². The first kappa shape index (κ1) is 8.53. The van der Waals surface area contributed by atoms with Crippen molar-refractivity contribution in [3.63, 3.8) is 0 Å². The van der Waals surface area contributed by atoms with Gasteiger partial charge in [0.25, 0.3) is 0 Å². The maximum Gasteiger partial charge on any atom is 0.227 e. The summed E-state index contributed by atoms with van der Waals surface area (Å²) in [5.41, 5.74) is 2.10. The Morgan fingerprint density at radius 1 is 1.27 bits per heavy atom.